The van der Waals surface area contributed by atoms with Crippen LogP contribution in [0.5, 0.6) is 0 Å². The molecule has 0 saturated heterocycles. The molecular weight excluding hydrogens is 303 g/mol. The van der Waals surface area contributed by atoms with E-state index in [1.54, 1.807) is 0 Å². The first-order chi connectivity index (χ1) is 9.65. The van der Waals surface area contributed by atoms with Gasteiger partial charge in [0.05, 0.1) is 13.1 Å². The number of nitrogens with two attached hydrogens (primary N) is 1. The van der Waals surface area contributed by atoms with Crippen molar-refractivity contribution in [2.45, 2.75) is 6.54 Å². The Labute approximate surface area is 114 Å². The van der Waals surface area contributed by atoms with Crippen LogP contribution in [0.15, 0.2) is 0 Å². The molecular formula is C11H9F5N2O3. The van der Waals surface area contributed by atoms with Crippen LogP contribution in [0.3, 0.4) is 0 Å². The van der Waals surface area contributed by atoms with Crippen LogP contribution in [0.4, 0.5) is 22.0 Å². The fraction of sp³-hybridized carbons (Fsp3) is 0.273. The zero-order valence-electron chi connectivity index (χ0n) is 10.3. The fourth-order valence-electron chi connectivity index (χ4n) is 1.59. The van der Waals surface area contributed by atoms with Crippen LogP contribution in [0, 0.1) is 29.1 Å². The highest BCUT2D eigenvalue weighted by Crippen LogP contribution is 2.24. The first-order valence-corrected chi connectivity index (χ1v) is 5.37. The highest BCUT2D eigenvalue weighted by molar-refractivity contribution is 5.77. The zero-order chi connectivity index (χ0) is 16.3. The van der Waals surface area contributed by atoms with Gasteiger partial charge in [0.15, 0.2) is 23.3 Å². The van der Waals surface area contributed by atoms with E-state index < -0.39 is 66.2 Å². The van der Waals surface area contributed by atoms with E-state index in [-0.39, 0.29) is 0 Å². The van der Waals surface area contributed by atoms with E-state index in [2.05, 4.69) is 0 Å². The first-order valence-electron chi connectivity index (χ1n) is 5.37. The summed E-state index contributed by atoms with van der Waals surface area (Å²) >= 11 is 0. The molecule has 0 aliphatic rings. The summed E-state index contributed by atoms with van der Waals surface area (Å²) in [6, 6.07) is 0. The molecule has 0 aliphatic heterocycles. The summed E-state index contributed by atoms with van der Waals surface area (Å²) in [6.45, 7) is -2.59. The molecule has 0 atom stereocenters. The van der Waals surface area contributed by atoms with Gasteiger partial charge in [-0.05, 0) is 0 Å². The van der Waals surface area contributed by atoms with Crippen LogP contribution < -0.4 is 5.73 Å². The number of carbonyl (C=O) groups is 2. The molecule has 0 aromatic heterocycles. The van der Waals surface area contributed by atoms with Gasteiger partial charge in [-0.25, -0.2) is 22.0 Å². The predicted octanol–water partition coefficient (Wildman–Crippen LogP) is 0.754. The van der Waals surface area contributed by atoms with Crippen LogP contribution in [0.25, 0.3) is 0 Å². The lowest BCUT2D eigenvalue weighted by molar-refractivity contribution is -0.138. The normalized spacial score (nSPS) is 11.0. The maximum atomic E-state index is 13.4. The average Bonchev–Trinajstić information content (AvgIpc) is 2.37. The van der Waals surface area contributed by atoms with Crippen LogP contribution in [0.2, 0.25) is 0 Å². The van der Waals surface area contributed by atoms with E-state index in [1.165, 1.54) is 0 Å². The van der Waals surface area contributed by atoms with E-state index in [4.69, 9.17) is 10.8 Å². The third kappa shape index (κ3) is 3.88. The number of amides is 1. The maximum Gasteiger partial charge on any atom is 0.317 e. The lowest BCUT2D eigenvalue weighted by Crippen LogP contribution is -2.37. The Bertz CT molecular complexity index is 549. The van der Waals surface area contributed by atoms with Gasteiger partial charge in [-0.2, -0.15) is 0 Å². The van der Waals surface area contributed by atoms with Gasteiger partial charge in [-0.1, -0.05) is 0 Å². The van der Waals surface area contributed by atoms with Crippen molar-refractivity contribution in [1.29, 1.82) is 0 Å². The average molecular weight is 312 g/mol. The lowest BCUT2D eigenvalue weighted by atomic mass is 10.1. The lowest BCUT2D eigenvalue weighted by Gasteiger charge is -2.19. The molecule has 5 nitrogen and oxygen atoms in total. The molecule has 21 heavy (non-hydrogen) atoms. The number of rotatable bonds is 6. The Morgan fingerprint density at radius 2 is 1.33 bits per heavy atom. The molecule has 1 aromatic rings. The standard InChI is InChI=1S/C11H9F5N2O3/c12-7-4(8(13)10(15)11(16)9(7)14)1-18(2-5(17)19)3-6(20)21/h1-3H2,(H2,17,19)(H,20,21). The van der Waals surface area contributed by atoms with Gasteiger partial charge in [0.25, 0.3) is 0 Å². The number of aliphatic carboxylic acids is 1. The monoisotopic (exact) mass is 312 g/mol. The van der Waals surface area contributed by atoms with Gasteiger partial charge in [0.1, 0.15) is 0 Å². The second-order valence-corrected chi connectivity index (χ2v) is 4.05. The molecule has 0 spiro atoms. The minimum Gasteiger partial charge on any atom is -0.480 e. The number of carboxylic acids is 1. The van der Waals surface area contributed by atoms with E-state index in [1.807, 2.05) is 0 Å². The summed E-state index contributed by atoms with van der Waals surface area (Å²) in [7, 11) is 0. The molecule has 0 bridgehead atoms. The quantitative estimate of drug-likeness (QED) is 0.461. The number of hydrogen-bond acceptors (Lipinski definition) is 3. The molecule has 116 valence electrons. The zero-order valence-corrected chi connectivity index (χ0v) is 10.3. The number of primary amides is 1. The summed E-state index contributed by atoms with van der Waals surface area (Å²) in [5.74, 6) is -13.3. The van der Waals surface area contributed by atoms with Crippen LogP contribution >= 0.6 is 0 Å². The highest BCUT2D eigenvalue weighted by atomic mass is 19.2. The van der Waals surface area contributed by atoms with Gasteiger partial charge in [0.2, 0.25) is 11.7 Å². The Kier molecular flexibility index (Phi) is 5.19. The number of hydrogen-bond donors (Lipinski definition) is 2. The minimum atomic E-state index is -2.33. The molecule has 1 rings (SSSR count). The topological polar surface area (TPSA) is 83.6 Å². The molecule has 10 heteroatoms. The highest BCUT2D eigenvalue weighted by Gasteiger charge is 2.27. The Morgan fingerprint density at radius 1 is 0.905 bits per heavy atom. The van der Waals surface area contributed by atoms with Crippen molar-refractivity contribution in [1.82, 2.24) is 4.90 Å². The first kappa shape index (κ1) is 16.8. The number of carbonyl (C=O) groups excluding carboxylic acids is 1. The third-order valence-corrected chi connectivity index (χ3v) is 2.42. The molecule has 0 unspecified atom stereocenters. The molecule has 0 aliphatic carbocycles. The Hall–Kier alpha value is -2.23. The van der Waals surface area contributed by atoms with Crippen molar-refractivity contribution >= 4 is 11.9 Å². The molecule has 0 radical (unpaired) electrons. The smallest absolute Gasteiger partial charge is 0.317 e. The SMILES string of the molecule is NC(=O)CN(CC(=O)O)Cc1c(F)c(F)c(F)c(F)c1F. The Balaban J connectivity index is 3.20. The van der Waals surface area contributed by atoms with Crippen molar-refractivity contribution in [3.05, 3.63) is 34.6 Å². The number of carboxylic acid groups (broad SMARTS) is 1. The number of halogens is 5. The number of nitrogens with zero attached hydrogens (tertiary/aromatic N) is 1. The summed E-state index contributed by atoms with van der Waals surface area (Å²) in [4.78, 5) is 21.9. The summed E-state index contributed by atoms with van der Waals surface area (Å²) in [6.07, 6.45) is 0. The maximum absolute atomic E-state index is 13.4. The van der Waals surface area contributed by atoms with Gasteiger partial charge >= 0.3 is 5.97 Å². The third-order valence-electron chi connectivity index (χ3n) is 2.42. The second-order valence-electron chi connectivity index (χ2n) is 4.05. The predicted molar refractivity (Wildman–Crippen MR) is 58.3 cm³/mol. The largest absolute Gasteiger partial charge is 0.480 e. The molecule has 0 saturated carbocycles. The van der Waals surface area contributed by atoms with Crippen LogP contribution in [0.1, 0.15) is 5.56 Å². The van der Waals surface area contributed by atoms with Crippen molar-refractivity contribution in [3.8, 4) is 0 Å². The molecule has 0 fully saturated rings. The van der Waals surface area contributed by atoms with Crippen molar-refractivity contribution < 1.29 is 36.6 Å². The van der Waals surface area contributed by atoms with Crippen molar-refractivity contribution in [3.63, 3.8) is 0 Å². The van der Waals surface area contributed by atoms with E-state index in [0.29, 0.717) is 4.90 Å². The van der Waals surface area contributed by atoms with Gasteiger partial charge in [0, 0.05) is 12.1 Å². The summed E-state index contributed by atoms with van der Waals surface area (Å²) in [5.41, 5.74) is 3.57. The second kappa shape index (κ2) is 6.48. The van der Waals surface area contributed by atoms with E-state index in [9.17, 15) is 31.5 Å². The van der Waals surface area contributed by atoms with Gasteiger partial charge < -0.3 is 10.8 Å². The molecule has 3 N–H and O–H groups in total. The summed E-state index contributed by atoms with van der Waals surface area (Å²) in [5, 5.41) is 8.58. The molecule has 1 aromatic carbocycles. The van der Waals surface area contributed by atoms with Gasteiger partial charge in [-0.15, -0.1) is 0 Å². The number of benzene rings is 1. The molecule has 1 amide bonds. The fourth-order valence-corrected chi connectivity index (χ4v) is 1.59. The van der Waals surface area contributed by atoms with E-state index >= 15 is 0 Å². The molecule has 0 heterocycles. The van der Waals surface area contributed by atoms with Crippen molar-refractivity contribution in [2.24, 2.45) is 5.73 Å². The van der Waals surface area contributed by atoms with Crippen LogP contribution in [-0.4, -0.2) is 35.0 Å². The van der Waals surface area contributed by atoms with Crippen molar-refractivity contribution in [2.75, 3.05) is 13.1 Å². The van der Waals surface area contributed by atoms with E-state index in [0.717, 1.165) is 0 Å². The summed E-state index contributed by atoms with van der Waals surface area (Å²) < 4.78 is 65.7. The minimum absolute atomic E-state index is 0.628. The van der Waals surface area contributed by atoms with Crippen LogP contribution in [-0.2, 0) is 16.1 Å². The Morgan fingerprint density at radius 3 is 1.71 bits per heavy atom. The van der Waals surface area contributed by atoms with Gasteiger partial charge in [-0.3, -0.25) is 14.5 Å².